The SMILES string of the molecule is C=C(OCC1(C)CC1)C(=O)Nc1cc(F)cc(F)c1. The summed E-state index contributed by atoms with van der Waals surface area (Å²) in [7, 11) is 0. The smallest absolute Gasteiger partial charge is 0.290 e. The predicted octanol–water partition coefficient (Wildman–Crippen LogP) is 3.23. The molecule has 0 atom stereocenters. The molecule has 0 heterocycles. The van der Waals surface area contributed by atoms with Crippen molar-refractivity contribution in [2.75, 3.05) is 11.9 Å². The van der Waals surface area contributed by atoms with Crippen molar-refractivity contribution in [2.24, 2.45) is 5.41 Å². The van der Waals surface area contributed by atoms with E-state index in [-0.39, 0.29) is 16.9 Å². The zero-order valence-electron chi connectivity index (χ0n) is 10.6. The quantitative estimate of drug-likeness (QED) is 0.657. The van der Waals surface area contributed by atoms with Gasteiger partial charge in [0.25, 0.3) is 5.91 Å². The number of carbonyl (C=O) groups is 1. The summed E-state index contributed by atoms with van der Waals surface area (Å²) in [4.78, 5) is 11.7. The lowest BCUT2D eigenvalue weighted by Gasteiger charge is -2.13. The Labute approximate surface area is 110 Å². The van der Waals surface area contributed by atoms with Gasteiger partial charge in [0, 0.05) is 17.2 Å². The highest BCUT2D eigenvalue weighted by molar-refractivity contribution is 6.01. The van der Waals surface area contributed by atoms with Crippen molar-refractivity contribution in [3.8, 4) is 0 Å². The van der Waals surface area contributed by atoms with Gasteiger partial charge in [-0.1, -0.05) is 13.5 Å². The minimum Gasteiger partial charge on any atom is -0.488 e. The van der Waals surface area contributed by atoms with Gasteiger partial charge in [0.15, 0.2) is 5.76 Å². The van der Waals surface area contributed by atoms with Crippen LogP contribution in [0.4, 0.5) is 14.5 Å². The van der Waals surface area contributed by atoms with Gasteiger partial charge in [-0.3, -0.25) is 4.79 Å². The number of carbonyl (C=O) groups excluding carboxylic acids is 1. The van der Waals surface area contributed by atoms with Gasteiger partial charge in [-0.25, -0.2) is 8.78 Å². The number of nitrogens with one attached hydrogen (secondary N) is 1. The first-order chi connectivity index (χ1) is 8.88. The molecule has 0 aliphatic heterocycles. The number of hydrogen-bond acceptors (Lipinski definition) is 2. The monoisotopic (exact) mass is 267 g/mol. The molecule has 1 amide bonds. The van der Waals surface area contributed by atoms with Crippen LogP contribution in [0.5, 0.6) is 0 Å². The van der Waals surface area contributed by atoms with E-state index >= 15 is 0 Å². The van der Waals surface area contributed by atoms with E-state index in [4.69, 9.17) is 4.74 Å². The molecule has 1 saturated carbocycles. The highest BCUT2D eigenvalue weighted by atomic mass is 19.1. The van der Waals surface area contributed by atoms with E-state index in [0.717, 1.165) is 31.0 Å². The average Bonchev–Trinajstić information content (AvgIpc) is 3.03. The van der Waals surface area contributed by atoms with Gasteiger partial charge in [-0.05, 0) is 25.0 Å². The number of halogens is 2. The molecule has 1 aliphatic carbocycles. The summed E-state index contributed by atoms with van der Waals surface area (Å²) in [5.74, 6) is -2.17. The molecule has 3 nitrogen and oxygen atoms in total. The fourth-order valence-electron chi connectivity index (χ4n) is 1.51. The topological polar surface area (TPSA) is 38.3 Å². The van der Waals surface area contributed by atoms with Crippen LogP contribution in [-0.2, 0) is 9.53 Å². The van der Waals surface area contributed by atoms with Crippen LogP contribution < -0.4 is 5.32 Å². The molecule has 0 aromatic heterocycles. The largest absolute Gasteiger partial charge is 0.488 e. The van der Waals surface area contributed by atoms with Crippen LogP contribution in [0, 0.1) is 17.0 Å². The second-order valence-corrected chi connectivity index (χ2v) is 5.13. The molecule has 1 aromatic carbocycles. The molecule has 1 fully saturated rings. The maximum atomic E-state index is 12.9. The number of hydrogen-bond donors (Lipinski definition) is 1. The third-order valence-corrected chi connectivity index (χ3v) is 3.07. The van der Waals surface area contributed by atoms with Crippen molar-refractivity contribution in [2.45, 2.75) is 19.8 Å². The van der Waals surface area contributed by atoms with Gasteiger partial charge in [0.2, 0.25) is 0 Å². The summed E-state index contributed by atoms with van der Waals surface area (Å²) in [6.07, 6.45) is 2.13. The first kappa shape index (κ1) is 13.5. The van der Waals surface area contributed by atoms with Crippen LogP contribution in [-0.4, -0.2) is 12.5 Å². The average molecular weight is 267 g/mol. The molecule has 1 N–H and O–H groups in total. The Bertz CT molecular complexity index is 504. The summed E-state index contributed by atoms with van der Waals surface area (Å²) in [5, 5.41) is 2.34. The Balaban J connectivity index is 1.90. The fourth-order valence-corrected chi connectivity index (χ4v) is 1.51. The molecular weight excluding hydrogens is 252 g/mol. The van der Waals surface area contributed by atoms with Crippen molar-refractivity contribution < 1.29 is 18.3 Å². The van der Waals surface area contributed by atoms with E-state index in [0.29, 0.717) is 6.61 Å². The summed E-state index contributed by atoms with van der Waals surface area (Å²) < 4.78 is 31.2. The third-order valence-electron chi connectivity index (χ3n) is 3.07. The van der Waals surface area contributed by atoms with Crippen LogP contribution in [0.25, 0.3) is 0 Å². The Morgan fingerprint density at radius 2 is 1.95 bits per heavy atom. The Hall–Kier alpha value is -1.91. The van der Waals surface area contributed by atoms with Crippen LogP contribution in [0.3, 0.4) is 0 Å². The zero-order valence-corrected chi connectivity index (χ0v) is 10.6. The van der Waals surface area contributed by atoms with Crippen molar-refractivity contribution in [3.63, 3.8) is 0 Å². The van der Waals surface area contributed by atoms with Crippen molar-refractivity contribution in [1.29, 1.82) is 0 Å². The van der Waals surface area contributed by atoms with Crippen LogP contribution in [0.2, 0.25) is 0 Å². The van der Waals surface area contributed by atoms with Crippen molar-refractivity contribution in [1.82, 2.24) is 0 Å². The molecule has 1 aromatic rings. The molecule has 0 radical (unpaired) electrons. The molecule has 0 saturated heterocycles. The number of benzene rings is 1. The normalized spacial score (nSPS) is 15.7. The second kappa shape index (κ2) is 4.99. The summed E-state index contributed by atoms with van der Waals surface area (Å²) in [6.45, 7) is 5.99. The zero-order chi connectivity index (χ0) is 14.0. The third kappa shape index (κ3) is 3.77. The molecule has 0 bridgehead atoms. The van der Waals surface area contributed by atoms with Gasteiger partial charge in [-0.2, -0.15) is 0 Å². The molecule has 0 unspecified atom stereocenters. The fraction of sp³-hybridized carbons (Fsp3) is 0.357. The summed E-state index contributed by atoms with van der Waals surface area (Å²) in [5.41, 5.74) is 0.165. The standard InChI is InChI=1S/C14H15F2NO2/c1-9(19-8-14(2)3-4-14)13(18)17-12-6-10(15)5-11(16)7-12/h5-7H,1,3-4,8H2,2H3,(H,17,18). The lowest BCUT2D eigenvalue weighted by Crippen LogP contribution is -2.18. The number of amides is 1. The maximum absolute atomic E-state index is 12.9. The molecule has 2 rings (SSSR count). The molecule has 19 heavy (non-hydrogen) atoms. The Morgan fingerprint density at radius 1 is 1.37 bits per heavy atom. The summed E-state index contributed by atoms with van der Waals surface area (Å²) in [6, 6.07) is 2.78. The number of anilines is 1. The molecule has 0 spiro atoms. The highest BCUT2D eigenvalue weighted by Gasteiger charge is 2.38. The van der Waals surface area contributed by atoms with E-state index in [2.05, 4.69) is 18.8 Å². The number of rotatable bonds is 5. The minimum absolute atomic E-state index is 0.0323. The Morgan fingerprint density at radius 3 is 2.47 bits per heavy atom. The number of ether oxygens (including phenoxy) is 1. The molecule has 5 heteroatoms. The lowest BCUT2D eigenvalue weighted by atomic mass is 10.2. The van der Waals surface area contributed by atoms with Crippen molar-refractivity contribution in [3.05, 3.63) is 42.2 Å². The van der Waals surface area contributed by atoms with Crippen LogP contribution in [0.1, 0.15) is 19.8 Å². The predicted molar refractivity (Wildman–Crippen MR) is 67.4 cm³/mol. The van der Waals surface area contributed by atoms with Crippen molar-refractivity contribution >= 4 is 11.6 Å². The minimum atomic E-state index is -0.757. The van der Waals surface area contributed by atoms with Gasteiger partial charge >= 0.3 is 0 Å². The van der Waals surface area contributed by atoms with E-state index < -0.39 is 17.5 Å². The first-order valence-electron chi connectivity index (χ1n) is 5.97. The van der Waals surface area contributed by atoms with Crippen LogP contribution >= 0.6 is 0 Å². The lowest BCUT2D eigenvalue weighted by molar-refractivity contribution is -0.116. The van der Waals surface area contributed by atoms with E-state index in [1.54, 1.807) is 0 Å². The Kier molecular flexibility index (Phi) is 3.55. The van der Waals surface area contributed by atoms with E-state index in [1.165, 1.54) is 0 Å². The van der Waals surface area contributed by atoms with Gasteiger partial charge in [-0.15, -0.1) is 0 Å². The molecule has 102 valence electrons. The maximum Gasteiger partial charge on any atom is 0.290 e. The second-order valence-electron chi connectivity index (χ2n) is 5.13. The van der Waals surface area contributed by atoms with Crippen LogP contribution in [0.15, 0.2) is 30.5 Å². The summed E-state index contributed by atoms with van der Waals surface area (Å²) >= 11 is 0. The molecule has 1 aliphatic rings. The van der Waals surface area contributed by atoms with Gasteiger partial charge < -0.3 is 10.1 Å². The van der Waals surface area contributed by atoms with E-state index in [1.807, 2.05) is 0 Å². The van der Waals surface area contributed by atoms with Gasteiger partial charge in [0.05, 0.1) is 6.61 Å². The first-order valence-corrected chi connectivity index (χ1v) is 5.97. The van der Waals surface area contributed by atoms with Gasteiger partial charge in [0.1, 0.15) is 11.6 Å². The highest BCUT2D eigenvalue weighted by Crippen LogP contribution is 2.45. The molecular formula is C14H15F2NO2. The van der Waals surface area contributed by atoms with E-state index in [9.17, 15) is 13.6 Å².